The lowest BCUT2D eigenvalue weighted by atomic mass is 9.84. The minimum absolute atomic E-state index is 0.392. The Morgan fingerprint density at radius 1 is 0.864 bits per heavy atom. The molecule has 0 saturated heterocycles. The molecule has 0 nitrogen and oxygen atoms in total. The molecule has 0 aromatic heterocycles. The van der Waals surface area contributed by atoms with Crippen molar-refractivity contribution in [3.8, 4) is 0 Å². The van der Waals surface area contributed by atoms with Gasteiger partial charge < -0.3 is 0 Å². The van der Waals surface area contributed by atoms with Crippen molar-refractivity contribution in [2.75, 3.05) is 0 Å². The molecule has 4 rings (SSSR count). The third-order valence-electron chi connectivity index (χ3n) is 4.69. The zero-order chi connectivity index (χ0) is 14.9. The normalized spacial score (nSPS) is 16.1. The Hall–Kier alpha value is -2.34. The summed E-state index contributed by atoms with van der Waals surface area (Å²) in [5, 5.41) is 2.75. The highest BCUT2D eigenvalue weighted by molar-refractivity contribution is 5.89. The van der Waals surface area contributed by atoms with Crippen LogP contribution in [0.25, 0.3) is 16.8 Å². The molecule has 1 aliphatic rings. The second kappa shape index (κ2) is 5.46. The summed E-state index contributed by atoms with van der Waals surface area (Å²) in [6, 6.07) is 22.2. The van der Waals surface area contributed by atoms with Crippen molar-refractivity contribution in [3.05, 3.63) is 89.0 Å². The Morgan fingerprint density at radius 3 is 2.59 bits per heavy atom. The number of rotatable bonds is 3. The van der Waals surface area contributed by atoms with E-state index in [0.717, 1.165) is 6.42 Å². The first-order valence-corrected chi connectivity index (χ1v) is 8.16. The van der Waals surface area contributed by atoms with E-state index >= 15 is 0 Å². The molecule has 0 amide bonds. The van der Waals surface area contributed by atoms with E-state index in [9.17, 15) is 0 Å². The van der Waals surface area contributed by atoms with Crippen molar-refractivity contribution in [2.24, 2.45) is 0 Å². The zero-order valence-corrected chi connectivity index (χ0v) is 12.9. The molecular formula is C22H20. The summed E-state index contributed by atoms with van der Waals surface area (Å²) in [4.78, 5) is 0. The lowest BCUT2D eigenvalue weighted by molar-refractivity contribution is 0.894. The Morgan fingerprint density at radius 2 is 1.68 bits per heavy atom. The molecular weight excluding hydrogens is 264 g/mol. The average Bonchev–Trinajstić information content (AvgIpc) is 2.99. The molecule has 3 aromatic carbocycles. The van der Waals surface area contributed by atoms with Gasteiger partial charge >= 0.3 is 0 Å². The van der Waals surface area contributed by atoms with Gasteiger partial charge in [-0.15, -0.1) is 0 Å². The average molecular weight is 284 g/mol. The van der Waals surface area contributed by atoms with Crippen LogP contribution in [-0.4, -0.2) is 0 Å². The number of fused-ring (bicyclic) bond motifs is 2. The quantitative estimate of drug-likeness (QED) is 0.557. The minimum Gasteiger partial charge on any atom is -0.0720 e. The van der Waals surface area contributed by atoms with Gasteiger partial charge in [0.1, 0.15) is 0 Å². The fourth-order valence-corrected chi connectivity index (χ4v) is 3.70. The molecule has 0 heteroatoms. The third-order valence-corrected chi connectivity index (χ3v) is 4.69. The largest absolute Gasteiger partial charge is 0.0720 e. The molecule has 0 saturated carbocycles. The third kappa shape index (κ3) is 2.07. The highest BCUT2D eigenvalue weighted by Gasteiger charge is 2.22. The molecule has 108 valence electrons. The standard InChI is InChI=1S/C22H20/c1-2-7-18-13-12-17-9-4-6-11-20(17)22(18)21-15-14-16-8-3-5-10-19(16)21/h3-6,8-15,21H,2,7H2,1H3. The second-order valence-corrected chi connectivity index (χ2v) is 6.08. The highest BCUT2D eigenvalue weighted by Crippen LogP contribution is 2.40. The van der Waals surface area contributed by atoms with Gasteiger partial charge in [-0.2, -0.15) is 0 Å². The van der Waals surface area contributed by atoms with Crippen LogP contribution in [0.1, 0.15) is 41.5 Å². The van der Waals surface area contributed by atoms with Gasteiger partial charge in [-0.25, -0.2) is 0 Å². The maximum Gasteiger partial charge on any atom is 0.0287 e. The van der Waals surface area contributed by atoms with Crippen LogP contribution in [0, 0.1) is 0 Å². The van der Waals surface area contributed by atoms with Gasteiger partial charge in [-0.1, -0.05) is 86.2 Å². The first-order valence-electron chi connectivity index (χ1n) is 8.16. The maximum atomic E-state index is 2.37. The summed E-state index contributed by atoms with van der Waals surface area (Å²) >= 11 is 0. The van der Waals surface area contributed by atoms with Crippen molar-refractivity contribution in [1.29, 1.82) is 0 Å². The molecule has 22 heavy (non-hydrogen) atoms. The molecule has 0 spiro atoms. The molecule has 1 unspecified atom stereocenters. The lowest BCUT2D eigenvalue weighted by Gasteiger charge is -2.19. The topological polar surface area (TPSA) is 0 Å². The van der Waals surface area contributed by atoms with Crippen molar-refractivity contribution in [3.63, 3.8) is 0 Å². The van der Waals surface area contributed by atoms with Crippen molar-refractivity contribution in [1.82, 2.24) is 0 Å². The molecule has 0 heterocycles. The van der Waals surface area contributed by atoms with Gasteiger partial charge in [0, 0.05) is 5.92 Å². The Kier molecular flexibility index (Phi) is 3.31. The number of hydrogen-bond acceptors (Lipinski definition) is 0. The van der Waals surface area contributed by atoms with E-state index in [4.69, 9.17) is 0 Å². The first-order chi connectivity index (χ1) is 10.9. The van der Waals surface area contributed by atoms with E-state index in [1.807, 2.05) is 0 Å². The van der Waals surface area contributed by atoms with Crippen LogP contribution in [-0.2, 0) is 6.42 Å². The first kappa shape index (κ1) is 13.3. The maximum absolute atomic E-state index is 2.37. The molecule has 0 fully saturated rings. The number of benzene rings is 3. The molecule has 0 aliphatic heterocycles. The highest BCUT2D eigenvalue weighted by atomic mass is 14.3. The van der Waals surface area contributed by atoms with Gasteiger partial charge in [0.25, 0.3) is 0 Å². The van der Waals surface area contributed by atoms with Crippen LogP contribution in [0.2, 0.25) is 0 Å². The van der Waals surface area contributed by atoms with Crippen LogP contribution < -0.4 is 0 Å². The molecule has 3 aromatic rings. The summed E-state index contributed by atoms with van der Waals surface area (Å²) in [6.45, 7) is 2.26. The monoisotopic (exact) mass is 284 g/mol. The van der Waals surface area contributed by atoms with E-state index in [1.54, 1.807) is 0 Å². The van der Waals surface area contributed by atoms with Crippen molar-refractivity contribution >= 4 is 16.8 Å². The van der Waals surface area contributed by atoms with Crippen LogP contribution in [0.5, 0.6) is 0 Å². The summed E-state index contributed by atoms with van der Waals surface area (Å²) in [7, 11) is 0. The van der Waals surface area contributed by atoms with Gasteiger partial charge in [0.2, 0.25) is 0 Å². The van der Waals surface area contributed by atoms with E-state index < -0.39 is 0 Å². The summed E-state index contributed by atoms with van der Waals surface area (Å²) in [6.07, 6.45) is 6.97. The van der Waals surface area contributed by atoms with E-state index in [-0.39, 0.29) is 0 Å². The number of hydrogen-bond donors (Lipinski definition) is 0. The predicted molar refractivity (Wildman–Crippen MR) is 95.3 cm³/mol. The summed E-state index contributed by atoms with van der Waals surface area (Å²) in [5.41, 5.74) is 5.80. The Bertz CT molecular complexity index is 855. The fourth-order valence-electron chi connectivity index (χ4n) is 3.70. The number of allylic oxidation sites excluding steroid dienone is 1. The number of aryl methyl sites for hydroxylation is 1. The van der Waals surface area contributed by atoms with Gasteiger partial charge in [-0.05, 0) is 39.4 Å². The molecule has 1 atom stereocenters. The predicted octanol–water partition coefficient (Wildman–Crippen LogP) is 5.95. The molecule has 0 radical (unpaired) electrons. The van der Waals surface area contributed by atoms with Crippen LogP contribution in [0.3, 0.4) is 0 Å². The van der Waals surface area contributed by atoms with E-state index in [1.165, 1.54) is 39.4 Å². The van der Waals surface area contributed by atoms with Crippen molar-refractivity contribution in [2.45, 2.75) is 25.7 Å². The Labute approximate surface area is 132 Å². The van der Waals surface area contributed by atoms with Crippen LogP contribution in [0.4, 0.5) is 0 Å². The van der Waals surface area contributed by atoms with E-state index in [0.29, 0.717) is 5.92 Å². The SMILES string of the molecule is CCCc1ccc2ccccc2c1C1C=Cc2ccccc21. The van der Waals surface area contributed by atoms with Gasteiger partial charge in [0.15, 0.2) is 0 Å². The summed E-state index contributed by atoms with van der Waals surface area (Å²) in [5.74, 6) is 0.392. The molecule has 0 N–H and O–H groups in total. The summed E-state index contributed by atoms with van der Waals surface area (Å²) < 4.78 is 0. The molecule has 1 aliphatic carbocycles. The Balaban J connectivity index is 1.98. The van der Waals surface area contributed by atoms with E-state index in [2.05, 4.69) is 79.7 Å². The zero-order valence-electron chi connectivity index (χ0n) is 12.9. The smallest absolute Gasteiger partial charge is 0.0287 e. The van der Waals surface area contributed by atoms with Gasteiger partial charge in [0.05, 0.1) is 0 Å². The minimum atomic E-state index is 0.392. The molecule has 0 bridgehead atoms. The lowest BCUT2D eigenvalue weighted by Crippen LogP contribution is -2.02. The second-order valence-electron chi connectivity index (χ2n) is 6.08. The van der Waals surface area contributed by atoms with Gasteiger partial charge in [-0.3, -0.25) is 0 Å². The van der Waals surface area contributed by atoms with Crippen LogP contribution in [0.15, 0.2) is 66.7 Å². The van der Waals surface area contributed by atoms with Crippen molar-refractivity contribution < 1.29 is 0 Å². The van der Waals surface area contributed by atoms with Crippen LogP contribution >= 0.6 is 0 Å². The fraction of sp³-hybridized carbons (Fsp3) is 0.182.